The van der Waals surface area contributed by atoms with Gasteiger partial charge in [-0.1, -0.05) is 6.92 Å². The number of carbonyl (C=O) groups is 1. The molecule has 0 radical (unpaired) electrons. The number of amides is 1. The Hall–Kier alpha value is -3.36. The Balaban J connectivity index is 2.11. The van der Waals surface area contributed by atoms with Crippen LogP contribution in [0.5, 0.6) is 0 Å². The van der Waals surface area contributed by atoms with Crippen molar-refractivity contribution >= 4 is 11.6 Å². The molecule has 9 heteroatoms. The van der Waals surface area contributed by atoms with Crippen LogP contribution in [0.4, 0.5) is 23.2 Å². The average Bonchev–Trinajstić information content (AvgIpc) is 2.71. The molecule has 0 aliphatic rings. The number of hydrogen-bond donors (Lipinski definition) is 0. The highest BCUT2D eigenvalue weighted by atomic mass is 19.4. The Morgan fingerprint density at radius 3 is 2.41 bits per heavy atom. The second kappa shape index (κ2) is 8.34. The summed E-state index contributed by atoms with van der Waals surface area (Å²) in [5, 5.41) is 0. The van der Waals surface area contributed by atoms with Gasteiger partial charge in [0.25, 0.3) is 0 Å². The maximum absolute atomic E-state index is 13.8. The van der Waals surface area contributed by atoms with Crippen LogP contribution in [0.1, 0.15) is 24.6 Å². The van der Waals surface area contributed by atoms with E-state index in [1.807, 2.05) is 0 Å². The molecule has 3 aromatic heterocycles. The van der Waals surface area contributed by atoms with Crippen LogP contribution >= 0.6 is 0 Å². The van der Waals surface area contributed by atoms with Gasteiger partial charge in [0.05, 0.1) is 24.1 Å². The molecular weight excluding hydrogens is 388 g/mol. The second-order valence-corrected chi connectivity index (χ2v) is 6.14. The van der Waals surface area contributed by atoms with Crippen molar-refractivity contribution < 1.29 is 22.4 Å². The first-order valence-corrected chi connectivity index (χ1v) is 8.68. The van der Waals surface area contributed by atoms with E-state index < -0.39 is 23.6 Å². The van der Waals surface area contributed by atoms with Gasteiger partial charge in [-0.2, -0.15) is 13.2 Å². The molecule has 29 heavy (non-hydrogen) atoms. The summed E-state index contributed by atoms with van der Waals surface area (Å²) in [7, 11) is 0. The fourth-order valence-electron chi connectivity index (χ4n) is 2.76. The van der Waals surface area contributed by atoms with E-state index in [1.165, 1.54) is 30.7 Å². The maximum atomic E-state index is 13.8. The molecule has 0 bridgehead atoms. The molecule has 0 fully saturated rings. The first kappa shape index (κ1) is 20.4. The summed E-state index contributed by atoms with van der Waals surface area (Å²) in [5.74, 6) is -1.18. The molecule has 0 spiro atoms. The minimum absolute atomic E-state index is 0.0119. The van der Waals surface area contributed by atoms with Crippen LogP contribution in [0.15, 0.2) is 55.1 Å². The molecule has 0 aliphatic heterocycles. The van der Waals surface area contributed by atoms with Crippen molar-refractivity contribution in [2.45, 2.75) is 26.1 Å². The molecule has 1 amide bonds. The van der Waals surface area contributed by atoms with Crippen LogP contribution in [0.25, 0.3) is 11.3 Å². The van der Waals surface area contributed by atoms with Gasteiger partial charge in [0.15, 0.2) is 5.69 Å². The summed E-state index contributed by atoms with van der Waals surface area (Å²) in [6.07, 6.45) is 0.338. The van der Waals surface area contributed by atoms with E-state index >= 15 is 0 Å². The van der Waals surface area contributed by atoms with Crippen molar-refractivity contribution in [3.05, 3.63) is 72.2 Å². The van der Waals surface area contributed by atoms with Gasteiger partial charge in [0.1, 0.15) is 5.82 Å². The predicted molar refractivity (Wildman–Crippen MR) is 98.1 cm³/mol. The SMILES string of the molecule is CCC(=O)N(Cc1ccncc1)c1ccc(-c2cncc(F)c2)nc1C(F)(F)F. The number of pyridine rings is 3. The van der Waals surface area contributed by atoms with Crippen LogP contribution in [0.2, 0.25) is 0 Å². The van der Waals surface area contributed by atoms with Gasteiger partial charge < -0.3 is 4.90 Å². The fourth-order valence-corrected chi connectivity index (χ4v) is 2.76. The molecule has 150 valence electrons. The van der Waals surface area contributed by atoms with Crippen LogP contribution in [-0.2, 0) is 17.5 Å². The van der Waals surface area contributed by atoms with Gasteiger partial charge in [-0.25, -0.2) is 9.37 Å². The number of hydrogen-bond acceptors (Lipinski definition) is 4. The Morgan fingerprint density at radius 1 is 1.07 bits per heavy atom. The van der Waals surface area contributed by atoms with Crippen LogP contribution in [0, 0.1) is 5.82 Å². The zero-order valence-electron chi connectivity index (χ0n) is 15.3. The van der Waals surface area contributed by atoms with Gasteiger partial charge >= 0.3 is 6.18 Å². The summed E-state index contributed by atoms with van der Waals surface area (Å²) in [6.45, 7) is 1.50. The zero-order chi connectivity index (χ0) is 21.0. The molecule has 0 saturated carbocycles. The first-order valence-electron chi connectivity index (χ1n) is 8.68. The largest absolute Gasteiger partial charge is 0.435 e. The van der Waals surface area contributed by atoms with Crippen molar-refractivity contribution in [3.63, 3.8) is 0 Å². The molecule has 0 unspecified atom stereocenters. The van der Waals surface area contributed by atoms with E-state index in [2.05, 4.69) is 15.0 Å². The maximum Gasteiger partial charge on any atom is 0.435 e. The predicted octanol–water partition coefficient (Wildman–Crippen LogP) is 4.64. The van der Waals surface area contributed by atoms with Crippen molar-refractivity contribution in [2.75, 3.05) is 4.90 Å². The summed E-state index contributed by atoms with van der Waals surface area (Å²) in [6, 6.07) is 6.75. The third kappa shape index (κ3) is 4.74. The van der Waals surface area contributed by atoms with E-state index in [-0.39, 0.29) is 29.9 Å². The Kier molecular flexibility index (Phi) is 5.86. The van der Waals surface area contributed by atoms with Gasteiger partial charge in [-0.15, -0.1) is 0 Å². The van der Waals surface area contributed by atoms with E-state index in [1.54, 1.807) is 19.1 Å². The number of nitrogens with zero attached hydrogens (tertiary/aromatic N) is 4. The van der Waals surface area contributed by atoms with Crippen LogP contribution in [0.3, 0.4) is 0 Å². The fraction of sp³-hybridized carbons (Fsp3) is 0.200. The van der Waals surface area contributed by atoms with Gasteiger partial charge in [-0.05, 0) is 35.9 Å². The Bertz CT molecular complexity index is 1010. The second-order valence-electron chi connectivity index (χ2n) is 6.14. The lowest BCUT2D eigenvalue weighted by Gasteiger charge is -2.25. The van der Waals surface area contributed by atoms with Gasteiger partial charge in [0, 0.05) is 30.6 Å². The van der Waals surface area contributed by atoms with Crippen molar-refractivity contribution in [1.82, 2.24) is 15.0 Å². The van der Waals surface area contributed by atoms with Crippen molar-refractivity contribution in [2.24, 2.45) is 0 Å². The summed E-state index contributed by atoms with van der Waals surface area (Å²) < 4.78 is 54.8. The van der Waals surface area contributed by atoms with Crippen LogP contribution < -0.4 is 4.90 Å². The number of halogens is 4. The molecule has 0 atom stereocenters. The third-order valence-corrected chi connectivity index (χ3v) is 4.13. The lowest BCUT2D eigenvalue weighted by Crippen LogP contribution is -2.32. The van der Waals surface area contributed by atoms with E-state index in [9.17, 15) is 22.4 Å². The molecule has 3 heterocycles. The highest BCUT2D eigenvalue weighted by Crippen LogP contribution is 2.37. The number of carbonyl (C=O) groups excluding carboxylic acids is 1. The van der Waals surface area contributed by atoms with E-state index in [0.717, 1.165) is 17.2 Å². The van der Waals surface area contributed by atoms with Crippen LogP contribution in [-0.4, -0.2) is 20.9 Å². The number of aromatic nitrogens is 3. The quantitative estimate of drug-likeness (QED) is 0.582. The summed E-state index contributed by atoms with van der Waals surface area (Å²) >= 11 is 0. The number of rotatable bonds is 5. The molecule has 0 N–H and O–H groups in total. The Morgan fingerprint density at radius 2 is 1.79 bits per heavy atom. The van der Waals surface area contributed by atoms with E-state index in [0.29, 0.717) is 5.56 Å². The smallest absolute Gasteiger partial charge is 0.306 e. The topological polar surface area (TPSA) is 59.0 Å². The van der Waals surface area contributed by atoms with Crippen molar-refractivity contribution in [1.29, 1.82) is 0 Å². The minimum atomic E-state index is -4.82. The molecule has 0 aromatic carbocycles. The summed E-state index contributed by atoms with van der Waals surface area (Å²) in [5.41, 5.74) is -0.969. The van der Waals surface area contributed by atoms with Gasteiger partial charge in [0.2, 0.25) is 5.91 Å². The standard InChI is InChI=1S/C20H16F4N4O/c1-2-18(29)28(12-13-5-7-25-8-6-13)17-4-3-16(27-19(17)20(22,23)24)14-9-15(21)11-26-10-14/h3-11H,2,12H2,1H3. The lowest BCUT2D eigenvalue weighted by atomic mass is 10.1. The zero-order valence-corrected chi connectivity index (χ0v) is 15.3. The molecule has 5 nitrogen and oxygen atoms in total. The summed E-state index contributed by atoms with van der Waals surface area (Å²) in [4.78, 5) is 24.7. The molecule has 0 saturated heterocycles. The average molecular weight is 404 g/mol. The molecule has 0 aliphatic carbocycles. The third-order valence-electron chi connectivity index (χ3n) is 4.13. The van der Waals surface area contributed by atoms with Crippen molar-refractivity contribution in [3.8, 4) is 11.3 Å². The highest BCUT2D eigenvalue weighted by Gasteiger charge is 2.38. The normalized spacial score (nSPS) is 11.3. The minimum Gasteiger partial charge on any atom is -0.306 e. The first-order chi connectivity index (χ1) is 13.8. The van der Waals surface area contributed by atoms with Gasteiger partial charge in [-0.3, -0.25) is 14.8 Å². The monoisotopic (exact) mass is 404 g/mol. The molecule has 3 rings (SSSR count). The highest BCUT2D eigenvalue weighted by molar-refractivity contribution is 5.94. The number of alkyl halides is 3. The molecule has 3 aromatic rings. The van der Waals surface area contributed by atoms with E-state index in [4.69, 9.17) is 0 Å². The molecular formula is C20H16F4N4O. The Labute approximate surface area is 164 Å². The number of anilines is 1. The lowest BCUT2D eigenvalue weighted by molar-refractivity contribution is -0.140.